The Kier molecular flexibility index (Phi) is 7.50. The first-order chi connectivity index (χ1) is 17.5. The zero-order valence-corrected chi connectivity index (χ0v) is 22.9. The van der Waals surface area contributed by atoms with Gasteiger partial charge in [0.15, 0.2) is 16.7 Å². The summed E-state index contributed by atoms with van der Waals surface area (Å²) in [6, 6.07) is 25.4. The molecule has 0 spiro atoms. The number of amides is 1. The molecule has 0 atom stereocenters. The fraction of sp³-hybridized carbons (Fsp3) is 0.0714. The molecule has 1 amide bonds. The molecule has 1 N–H and O–H groups in total. The molecule has 5 rings (SSSR count). The summed E-state index contributed by atoms with van der Waals surface area (Å²) >= 11 is 9.46. The molecule has 36 heavy (non-hydrogen) atoms. The topological polar surface area (TPSA) is 59.9 Å². The van der Waals surface area contributed by atoms with Crippen LogP contribution in [-0.4, -0.2) is 18.2 Å². The summed E-state index contributed by atoms with van der Waals surface area (Å²) in [4.78, 5) is 17.6. The Labute approximate surface area is 231 Å². The van der Waals surface area contributed by atoms with Crippen molar-refractivity contribution in [1.82, 2.24) is 5.32 Å². The predicted octanol–water partition coefficient (Wildman–Crippen LogP) is 7.58. The summed E-state index contributed by atoms with van der Waals surface area (Å²) in [5.74, 6) is 1.08. The van der Waals surface area contributed by atoms with E-state index >= 15 is 0 Å². The van der Waals surface area contributed by atoms with Crippen molar-refractivity contribution in [2.75, 3.05) is 7.11 Å². The summed E-state index contributed by atoms with van der Waals surface area (Å²) in [6.07, 6.45) is 1.82. The Morgan fingerprint density at radius 3 is 2.64 bits per heavy atom. The lowest BCUT2D eigenvalue weighted by atomic mass is 10.1. The van der Waals surface area contributed by atoms with E-state index in [1.165, 1.54) is 17.1 Å². The highest BCUT2D eigenvalue weighted by molar-refractivity contribution is 14.1. The van der Waals surface area contributed by atoms with Gasteiger partial charge in [0.1, 0.15) is 6.61 Å². The standard InChI is InChI=1S/C28H20ClIN2O3S/c1-34-24-14-17(15-25-27(33)32-28(36-25)31-21-11-9-20(29)10-12-21)13-23(30)26(24)35-16-19-7-4-6-18-5-2-3-8-22(18)19/h2-15H,16H2,1H3,(H,31,32,33)/b25-15-. The number of methoxy groups -OCH3 is 1. The fourth-order valence-electron chi connectivity index (χ4n) is 3.80. The van der Waals surface area contributed by atoms with Gasteiger partial charge in [0, 0.05) is 5.02 Å². The van der Waals surface area contributed by atoms with Gasteiger partial charge < -0.3 is 14.8 Å². The van der Waals surface area contributed by atoms with Crippen LogP contribution in [0.3, 0.4) is 0 Å². The number of carbonyl (C=O) groups excluding carboxylic acids is 1. The minimum atomic E-state index is -0.196. The van der Waals surface area contributed by atoms with Gasteiger partial charge in [-0.1, -0.05) is 54.1 Å². The van der Waals surface area contributed by atoms with Crippen LogP contribution in [0, 0.1) is 3.57 Å². The maximum Gasteiger partial charge on any atom is 0.264 e. The van der Waals surface area contributed by atoms with E-state index in [-0.39, 0.29) is 5.91 Å². The third-order valence-corrected chi connectivity index (χ3v) is 7.47. The summed E-state index contributed by atoms with van der Waals surface area (Å²) in [7, 11) is 1.61. The van der Waals surface area contributed by atoms with Crippen LogP contribution in [0.1, 0.15) is 11.1 Å². The number of rotatable bonds is 6. The molecular formula is C28H20ClIN2O3S. The zero-order valence-electron chi connectivity index (χ0n) is 19.1. The smallest absolute Gasteiger partial charge is 0.264 e. The average Bonchev–Trinajstić information content (AvgIpc) is 3.22. The van der Waals surface area contributed by atoms with E-state index < -0.39 is 0 Å². The molecule has 180 valence electrons. The van der Waals surface area contributed by atoms with Gasteiger partial charge in [0.25, 0.3) is 5.91 Å². The van der Waals surface area contributed by atoms with Crippen molar-refractivity contribution < 1.29 is 14.3 Å². The maximum atomic E-state index is 12.5. The van der Waals surface area contributed by atoms with Crippen LogP contribution < -0.4 is 14.8 Å². The first-order valence-electron chi connectivity index (χ1n) is 11.0. The molecule has 0 aliphatic carbocycles. The number of ether oxygens (including phenoxy) is 2. The normalized spacial score (nSPS) is 15.5. The predicted molar refractivity (Wildman–Crippen MR) is 156 cm³/mol. The summed E-state index contributed by atoms with van der Waals surface area (Å²) < 4.78 is 12.8. The Morgan fingerprint density at radius 2 is 1.83 bits per heavy atom. The van der Waals surface area contributed by atoms with Crippen molar-refractivity contribution in [1.29, 1.82) is 0 Å². The first-order valence-corrected chi connectivity index (χ1v) is 13.3. The van der Waals surface area contributed by atoms with E-state index in [0.29, 0.717) is 38.9 Å². The van der Waals surface area contributed by atoms with Crippen LogP contribution in [-0.2, 0) is 11.4 Å². The van der Waals surface area contributed by atoms with Crippen LogP contribution in [0.4, 0.5) is 5.69 Å². The zero-order chi connectivity index (χ0) is 25.1. The highest BCUT2D eigenvalue weighted by Crippen LogP contribution is 2.37. The van der Waals surface area contributed by atoms with Gasteiger partial charge in [-0.2, -0.15) is 0 Å². The average molecular weight is 627 g/mol. The molecule has 1 heterocycles. The van der Waals surface area contributed by atoms with Crippen molar-refractivity contribution in [3.8, 4) is 11.5 Å². The monoisotopic (exact) mass is 626 g/mol. The van der Waals surface area contributed by atoms with Crippen LogP contribution in [0.5, 0.6) is 11.5 Å². The van der Waals surface area contributed by atoms with Gasteiger partial charge >= 0.3 is 0 Å². The number of hydrogen-bond acceptors (Lipinski definition) is 5. The van der Waals surface area contributed by atoms with Gasteiger partial charge in [-0.15, -0.1) is 0 Å². The maximum absolute atomic E-state index is 12.5. The molecule has 1 fully saturated rings. The van der Waals surface area contributed by atoms with Crippen molar-refractivity contribution >= 4 is 79.6 Å². The molecule has 4 aromatic carbocycles. The number of halogens is 2. The van der Waals surface area contributed by atoms with Crippen molar-refractivity contribution in [3.63, 3.8) is 0 Å². The number of benzene rings is 4. The van der Waals surface area contributed by atoms with Crippen molar-refractivity contribution in [2.45, 2.75) is 6.61 Å². The Bertz CT molecular complexity index is 1510. The molecule has 0 unspecified atom stereocenters. The second kappa shape index (κ2) is 10.9. The van der Waals surface area contributed by atoms with Crippen LogP contribution in [0.25, 0.3) is 16.8 Å². The highest BCUT2D eigenvalue weighted by atomic mass is 127. The van der Waals surface area contributed by atoms with Crippen LogP contribution in [0.2, 0.25) is 5.02 Å². The van der Waals surface area contributed by atoms with Crippen molar-refractivity contribution in [3.05, 3.63) is 103 Å². The second-order valence-electron chi connectivity index (χ2n) is 7.92. The molecule has 0 radical (unpaired) electrons. The number of fused-ring (bicyclic) bond motifs is 1. The van der Waals surface area contributed by atoms with Gasteiger partial charge in [-0.25, -0.2) is 4.99 Å². The molecular weight excluding hydrogens is 607 g/mol. The number of carbonyl (C=O) groups is 1. The van der Waals surface area contributed by atoms with E-state index in [1.807, 2.05) is 36.4 Å². The van der Waals surface area contributed by atoms with Crippen molar-refractivity contribution in [2.24, 2.45) is 4.99 Å². The number of nitrogens with zero attached hydrogens (tertiary/aromatic N) is 1. The van der Waals surface area contributed by atoms with E-state index in [4.69, 9.17) is 21.1 Å². The number of thioether (sulfide) groups is 1. The number of nitrogens with one attached hydrogen (secondary N) is 1. The number of aliphatic imine (C=N–C) groups is 1. The second-order valence-corrected chi connectivity index (χ2v) is 10.5. The number of amidine groups is 1. The van der Waals surface area contributed by atoms with Gasteiger partial charge in [0.05, 0.1) is 21.3 Å². The van der Waals surface area contributed by atoms with Crippen LogP contribution in [0.15, 0.2) is 88.8 Å². The Morgan fingerprint density at radius 1 is 1.06 bits per heavy atom. The molecule has 0 aromatic heterocycles. The lowest BCUT2D eigenvalue weighted by Gasteiger charge is -2.15. The summed E-state index contributed by atoms with van der Waals surface area (Å²) in [6.45, 7) is 0.414. The largest absolute Gasteiger partial charge is 0.493 e. The fourth-order valence-corrected chi connectivity index (χ4v) is 5.55. The first kappa shape index (κ1) is 24.7. The van der Waals surface area contributed by atoms with E-state index in [0.717, 1.165) is 20.1 Å². The van der Waals surface area contributed by atoms with Gasteiger partial charge in [-0.3, -0.25) is 4.79 Å². The third-order valence-electron chi connectivity index (χ3n) is 5.51. The summed E-state index contributed by atoms with van der Waals surface area (Å²) in [5.41, 5.74) is 2.65. The van der Waals surface area contributed by atoms with E-state index in [2.05, 4.69) is 57.2 Å². The minimum Gasteiger partial charge on any atom is -0.493 e. The molecule has 8 heteroatoms. The highest BCUT2D eigenvalue weighted by Gasteiger charge is 2.24. The van der Waals surface area contributed by atoms with Gasteiger partial charge in [-0.05, 0) is 98.7 Å². The van der Waals surface area contributed by atoms with Gasteiger partial charge in [0.2, 0.25) is 0 Å². The Balaban J connectivity index is 1.36. The molecule has 1 aliphatic rings. The SMILES string of the molecule is COc1cc(/C=C2\SC(=Nc3ccc(Cl)cc3)NC2=O)cc(I)c1OCc1cccc2ccccc12. The molecule has 0 saturated carbocycles. The minimum absolute atomic E-state index is 0.196. The number of hydrogen-bond donors (Lipinski definition) is 1. The van der Waals surface area contributed by atoms with E-state index in [1.54, 1.807) is 31.4 Å². The molecule has 1 saturated heterocycles. The molecule has 4 aromatic rings. The van der Waals surface area contributed by atoms with E-state index in [9.17, 15) is 4.79 Å². The Hall–Kier alpha value is -3.01. The third kappa shape index (κ3) is 5.53. The van der Waals surface area contributed by atoms with Crippen LogP contribution >= 0.6 is 46.0 Å². The lowest BCUT2D eigenvalue weighted by Crippen LogP contribution is -2.19. The molecule has 0 bridgehead atoms. The quantitative estimate of drug-likeness (QED) is 0.177. The summed E-state index contributed by atoms with van der Waals surface area (Å²) in [5, 5.41) is 6.30. The lowest BCUT2D eigenvalue weighted by molar-refractivity contribution is -0.115. The molecule has 5 nitrogen and oxygen atoms in total. The molecule has 1 aliphatic heterocycles.